The van der Waals surface area contributed by atoms with Crippen molar-refractivity contribution in [2.75, 3.05) is 20.2 Å². The van der Waals surface area contributed by atoms with Gasteiger partial charge in [0.15, 0.2) is 0 Å². The molecule has 3 fully saturated rings. The van der Waals surface area contributed by atoms with Gasteiger partial charge in [-0.15, -0.1) is 6.58 Å². The fourth-order valence-electron chi connectivity index (χ4n) is 4.95. The van der Waals surface area contributed by atoms with E-state index in [9.17, 15) is 9.59 Å². The highest BCUT2D eigenvalue weighted by Gasteiger charge is 2.44. The fourth-order valence-corrected chi connectivity index (χ4v) is 4.95. The number of nitrogens with zero attached hydrogens (tertiary/aromatic N) is 2. The van der Waals surface area contributed by atoms with Crippen LogP contribution in [0, 0.1) is 11.8 Å². The Labute approximate surface area is 187 Å². The van der Waals surface area contributed by atoms with Crippen molar-refractivity contribution in [3.8, 4) is 5.75 Å². The van der Waals surface area contributed by atoms with Crippen molar-refractivity contribution in [2.45, 2.75) is 38.0 Å². The summed E-state index contributed by atoms with van der Waals surface area (Å²) in [6, 6.07) is 6.42. The first-order chi connectivity index (χ1) is 15.4. The molecule has 6 atom stereocenters. The number of fused-ring (bicyclic) bond motifs is 4. The van der Waals surface area contributed by atoms with Crippen molar-refractivity contribution < 1.29 is 24.2 Å². The lowest BCUT2D eigenvalue weighted by molar-refractivity contribution is -0.139. The Morgan fingerprint density at radius 1 is 1.38 bits per heavy atom. The van der Waals surface area contributed by atoms with Crippen LogP contribution in [-0.4, -0.2) is 59.3 Å². The molecule has 2 N–H and O–H groups in total. The van der Waals surface area contributed by atoms with E-state index < -0.39 is 24.2 Å². The van der Waals surface area contributed by atoms with Crippen molar-refractivity contribution in [3.05, 3.63) is 48.7 Å². The van der Waals surface area contributed by atoms with E-state index in [0.717, 1.165) is 42.4 Å². The Bertz CT molecular complexity index is 1030. The smallest absolute Gasteiger partial charge is 0.408 e. The van der Waals surface area contributed by atoms with Gasteiger partial charge in [0.1, 0.15) is 17.9 Å². The van der Waals surface area contributed by atoms with Gasteiger partial charge >= 0.3 is 12.1 Å². The van der Waals surface area contributed by atoms with Crippen LogP contribution in [0.1, 0.15) is 31.4 Å². The molecule has 2 unspecified atom stereocenters. The number of piperidine rings is 3. The molecule has 3 aliphatic rings. The Hall–Kier alpha value is -3.13. The maximum atomic E-state index is 12.7. The first-order valence-electron chi connectivity index (χ1n) is 10.9. The first-order valence-corrected chi connectivity index (χ1v) is 10.9. The summed E-state index contributed by atoms with van der Waals surface area (Å²) in [6.07, 6.45) is 4.37. The number of nitrogens with one attached hydrogen (secondary N) is 1. The number of benzene rings is 1. The van der Waals surface area contributed by atoms with E-state index in [2.05, 4.69) is 21.8 Å². The molecule has 2 bridgehead atoms. The fraction of sp³-hybridized carbons (Fsp3) is 0.458. The second kappa shape index (κ2) is 9.16. The van der Waals surface area contributed by atoms with Crippen LogP contribution in [0.4, 0.5) is 4.79 Å². The minimum atomic E-state index is -1.12. The summed E-state index contributed by atoms with van der Waals surface area (Å²) in [5.74, 6) is 0.478. The van der Waals surface area contributed by atoms with Crippen LogP contribution in [0.3, 0.4) is 0 Å². The van der Waals surface area contributed by atoms with Gasteiger partial charge in [0.05, 0.1) is 18.7 Å². The Kier molecular flexibility index (Phi) is 6.32. The molecule has 5 rings (SSSR count). The highest BCUT2D eigenvalue weighted by atomic mass is 16.6. The number of methoxy groups -OCH3 is 1. The number of carboxylic acids is 1. The molecule has 3 saturated heterocycles. The lowest BCUT2D eigenvalue weighted by Crippen LogP contribution is -2.55. The molecular weight excluding hydrogens is 410 g/mol. The van der Waals surface area contributed by atoms with E-state index in [0.29, 0.717) is 17.6 Å². The molecule has 1 aromatic carbocycles. The van der Waals surface area contributed by atoms with Crippen LogP contribution in [-0.2, 0) is 9.53 Å². The second-order valence-electron chi connectivity index (χ2n) is 8.56. The summed E-state index contributed by atoms with van der Waals surface area (Å²) >= 11 is 0. The molecule has 3 aliphatic heterocycles. The third kappa shape index (κ3) is 4.27. The number of aromatic nitrogens is 1. The zero-order valence-electron chi connectivity index (χ0n) is 18.4. The van der Waals surface area contributed by atoms with Gasteiger partial charge in [0.25, 0.3) is 0 Å². The lowest BCUT2D eigenvalue weighted by Gasteiger charge is -2.51. The lowest BCUT2D eigenvalue weighted by atomic mass is 9.73. The summed E-state index contributed by atoms with van der Waals surface area (Å²) in [7, 11) is 1.60. The Morgan fingerprint density at radius 2 is 2.19 bits per heavy atom. The van der Waals surface area contributed by atoms with E-state index in [1.54, 1.807) is 13.3 Å². The van der Waals surface area contributed by atoms with Crippen LogP contribution in [0.15, 0.2) is 43.1 Å². The summed E-state index contributed by atoms with van der Waals surface area (Å²) in [4.78, 5) is 30.7. The molecule has 4 heterocycles. The second-order valence-corrected chi connectivity index (χ2v) is 8.56. The van der Waals surface area contributed by atoms with Crippen molar-refractivity contribution in [3.63, 3.8) is 0 Å². The predicted molar refractivity (Wildman–Crippen MR) is 120 cm³/mol. The monoisotopic (exact) mass is 439 g/mol. The number of amides is 1. The van der Waals surface area contributed by atoms with Gasteiger partial charge in [-0.2, -0.15) is 0 Å². The van der Waals surface area contributed by atoms with Crippen molar-refractivity contribution in [1.29, 1.82) is 0 Å². The molecule has 0 saturated carbocycles. The quantitative estimate of drug-likeness (QED) is 0.638. The number of pyridine rings is 1. The van der Waals surface area contributed by atoms with Gasteiger partial charge in [-0.3, -0.25) is 14.7 Å². The van der Waals surface area contributed by atoms with Crippen LogP contribution in [0.2, 0.25) is 0 Å². The Morgan fingerprint density at radius 3 is 2.84 bits per heavy atom. The number of hydrogen-bond donors (Lipinski definition) is 2. The topological polar surface area (TPSA) is 101 Å². The highest BCUT2D eigenvalue weighted by molar-refractivity contribution is 5.84. The van der Waals surface area contributed by atoms with E-state index in [1.807, 2.05) is 30.3 Å². The van der Waals surface area contributed by atoms with Crippen LogP contribution < -0.4 is 10.1 Å². The zero-order valence-corrected chi connectivity index (χ0v) is 18.4. The van der Waals surface area contributed by atoms with E-state index in [-0.39, 0.29) is 6.04 Å². The minimum Gasteiger partial charge on any atom is -0.497 e. The number of carboxylic acid groups (broad SMARTS) is 1. The summed E-state index contributed by atoms with van der Waals surface area (Å²) in [6.45, 7) is 7.20. The first kappa shape index (κ1) is 22.1. The molecule has 1 aromatic heterocycles. The van der Waals surface area contributed by atoms with Crippen molar-refractivity contribution in [1.82, 2.24) is 15.2 Å². The van der Waals surface area contributed by atoms with Crippen LogP contribution >= 0.6 is 0 Å². The number of alkyl carbamates (subject to hydrolysis) is 1. The maximum Gasteiger partial charge on any atom is 0.408 e. The van der Waals surface area contributed by atoms with E-state index in [4.69, 9.17) is 14.6 Å². The number of rotatable bonds is 7. The van der Waals surface area contributed by atoms with Gasteiger partial charge in [-0.1, -0.05) is 6.08 Å². The minimum absolute atomic E-state index is 0.0207. The third-order valence-electron chi connectivity index (χ3n) is 6.73. The Balaban J connectivity index is 1.72. The number of hydrogen-bond acceptors (Lipinski definition) is 6. The molecule has 1 amide bonds. The summed E-state index contributed by atoms with van der Waals surface area (Å²) in [5, 5.41) is 12.4. The zero-order chi connectivity index (χ0) is 22.8. The van der Waals surface area contributed by atoms with Gasteiger partial charge in [-0.25, -0.2) is 4.79 Å². The summed E-state index contributed by atoms with van der Waals surface area (Å²) in [5.41, 5.74) is 1.61. The van der Waals surface area contributed by atoms with E-state index >= 15 is 0 Å². The SMILES string of the molecule is C=C[C@@H]1CN2CC[C@H]1C[C@H]2[C@H](OC(=O)NC(C)C(=O)O)c1ccnc2ccc(OC)cc12. The van der Waals surface area contributed by atoms with Gasteiger partial charge in [0, 0.05) is 23.7 Å². The number of aliphatic carboxylic acids is 1. The highest BCUT2D eigenvalue weighted by Crippen LogP contribution is 2.43. The molecule has 170 valence electrons. The molecule has 0 spiro atoms. The summed E-state index contributed by atoms with van der Waals surface area (Å²) < 4.78 is 11.4. The molecule has 32 heavy (non-hydrogen) atoms. The molecule has 8 nitrogen and oxygen atoms in total. The number of ether oxygens (including phenoxy) is 2. The van der Waals surface area contributed by atoms with Gasteiger partial charge in [0.2, 0.25) is 0 Å². The largest absolute Gasteiger partial charge is 0.497 e. The van der Waals surface area contributed by atoms with Gasteiger partial charge < -0.3 is 19.9 Å². The molecular formula is C24H29N3O5. The average Bonchev–Trinajstić information content (AvgIpc) is 2.81. The van der Waals surface area contributed by atoms with Crippen molar-refractivity contribution >= 4 is 23.0 Å². The van der Waals surface area contributed by atoms with Crippen LogP contribution in [0.25, 0.3) is 10.9 Å². The molecule has 2 aromatic rings. The average molecular weight is 440 g/mol. The maximum absolute atomic E-state index is 12.7. The normalized spacial score (nSPS) is 26.2. The van der Waals surface area contributed by atoms with E-state index in [1.165, 1.54) is 6.92 Å². The molecule has 0 aliphatic carbocycles. The predicted octanol–water partition coefficient (Wildman–Crippen LogP) is 3.38. The van der Waals surface area contributed by atoms with Crippen molar-refractivity contribution in [2.24, 2.45) is 11.8 Å². The van der Waals surface area contributed by atoms with Crippen LogP contribution in [0.5, 0.6) is 5.75 Å². The molecule has 8 heteroatoms. The standard InChI is InChI=1S/C24H29N3O5/c1-4-15-13-27-10-8-16(15)11-21(27)22(32-24(30)26-14(2)23(28)29)18-7-9-25-20-6-5-17(31-3)12-19(18)20/h4-7,9,12,14-16,21-22H,1,8,10-11,13H2,2-3H3,(H,26,30)(H,28,29)/t14?,15-,16+,21+,22-/m1/s1. The van der Waals surface area contributed by atoms with Gasteiger partial charge in [-0.05, 0) is 62.4 Å². The number of carbonyl (C=O) groups excluding carboxylic acids is 1. The molecule has 0 radical (unpaired) electrons. The third-order valence-corrected chi connectivity index (χ3v) is 6.73. The number of carbonyl (C=O) groups is 2.